The summed E-state index contributed by atoms with van der Waals surface area (Å²) in [5, 5.41) is 12.1. The molecule has 3 aromatic rings. The molecule has 2 aromatic carbocycles. The van der Waals surface area contributed by atoms with Crippen LogP contribution in [-0.4, -0.2) is 34.9 Å². The summed E-state index contributed by atoms with van der Waals surface area (Å²) >= 11 is 0. The van der Waals surface area contributed by atoms with E-state index < -0.39 is 23.8 Å². The molecule has 1 unspecified atom stereocenters. The SMILES string of the molecule is CC(CO)NC(=O)OC1CCC(c2c(-c3ccc(F)cc3)[nH]c3c(F)cc(F)cc23)CC1. The number of halogens is 3. The van der Waals surface area contributed by atoms with Crippen LogP contribution in [0.4, 0.5) is 18.0 Å². The third-order valence-corrected chi connectivity index (χ3v) is 5.99. The summed E-state index contributed by atoms with van der Waals surface area (Å²) in [4.78, 5) is 15.0. The molecule has 0 bridgehead atoms. The molecule has 0 saturated heterocycles. The van der Waals surface area contributed by atoms with Gasteiger partial charge in [0.05, 0.1) is 23.9 Å². The molecule has 8 heteroatoms. The predicted molar refractivity (Wildman–Crippen MR) is 115 cm³/mol. The highest BCUT2D eigenvalue weighted by Crippen LogP contribution is 2.43. The largest absolute Gasteiger partial charge is 0.446 e. The Balaban J connectivity index is 1.60. The number of carbonyl (C=O) groups is 1. The van der Waals surface area contributed by atoms with Crippen LogP contribution in [0.5, 0.6) is 0 Å². The van der Waals surface area contributed by atoms with Crippen LogP contribution in [0.1, 0.15) is 44.1 Å². The van der Waals surface area contributed by atoms with Gasteiger partial charge in [0.15, 0.2) is 0 Å². The molecule has 0 radical (unpaired) electrons. The summed E-state index contributed by atoms with van der Waals surface area (Å²) < 4.78 is 47.5. The van der Waals surface area contributed by atoms with Gasteiger partial charge in [0.1, 0.15) is 23.6 Å². The van der Waals surface area contributed by atoms with Gasteiger partial charge in [0, 0.05) is 11.5 Å². The Kier molecular flexibility index (Phi) is 6.41. The van der Waals surface area contributed by atoms with Crippen LogP contribution >= 0.6 is 0 Å². The molecule has 1 atom stereocenters. The van der Waals surface area contributed by atoms with Crippen molar-refractivity contribution in [2.45, 2.75) is 50.7 Å². The van der Waals surface area contributed by atoms with Crippen molar-refractivity contribution in [3.8, 4) is 11.3 Å². The van der Waals surface area contributed by atoms with Gasteiger partial charge in [-0.2, -0.15) is 0 Å². The minimum atomic E-state index is -0.679. The summed E-state index contributed by atoms with van der Waals surface area (Å²) in [5.41, 5.74) is 2.34. The second kappa shape index (κ2) is 9.24. The van der Waals surface area contributed by atoms with Crippen LogP contribution in [0.25, 0.3) is 22.2 Å². The second-order valence-electron chi connectivity index (χ2n) is 8.34. The number of hydrogen-bond donors (Lipinski definition) is 3. The van der Waals surface area contributed by atoms with E-state index in [2.05, 4.69) is 10.3 Å². The fourth-order valence-electron chi connectivity index (χ4n) is 4.41. The molecule has 0 aliphatic heterocycles. The Labute approximate surface area is 183 Å². The summed E-state index contributed by atoms with van der Waals surface area (Å²) in [6.07, 6.45) is 1.67. The average molecular weight is 446 g/mol. The zero-order valence-electron chi connectivity index (χ0n) is 17.6. The van der Waals surface area contributed by atoms with Crippen molar-refractivity contribution in [3.05, 3.63) is 59.4 Å². The fraction of sp³-hybridized carbons (Fsp3) is 0.375. The van der Waals surface area contributed by atoms with E-state index >= 15 is 0 Å². The van der Waals surface area contributed by atoms with Crippen LogP contribution in [0.3, 0.4) is 0 Å². The van der Waals surface area contributed by atoms with Crippen molar-refractivity contribution < 1.29 is 27.8 Å². The van der Waals surface area contributed by atoms with Crippen LogP contribution in [0, 0.1) is 17.5 Å². The Morgan fingerprint density at radius 1 is 1.12 bits per heavy atom. The smallest absolute Gasteiger partial charge is 0.407 e. The number of nitrogens with one attached hydrogen (secondary N) is 2. The van der Waals surface area contributed by atoms with E-state index in [1.165, 1.54) is 18.2 Å². The molecule has 1 aliphatic carbocycles. The maximum atomic E-state index is 14.5. The first-order valence-electron chi connectivity index (χ1n) is 10.7. The van der Waals surface area contributed by atoms with E-state index in [1.54, 1.807) is 19.1 Å². The van der Waals surface area contributed by atoms with Crippen LogP contribution in [0.15, 0.2) is 36.4 Å². The van der Waals surface area contributed by atoms with E-state index in [0.29, 0.717) is 42.3 Å². The molecule has 3 N–H and O–H groups in total. The zero-order chi connectivity index (χ0) is 22.8. The third-order valence-electron chi connectivity index (χ3n) is 5.99. The number of H-pyrrole nitrogens is 1. The summed E-state index contributed by atoms with van der Waals surface area (Å²) in [5.74, 6) is -1.73. The number of aromatic amines is 1. The topological polar surface area (TPSA) is 74.3 Å². The fourth-order valence-corrected chi connectivity index (χ4v) is 4.41. The molecule has 1 aromatic heterocycles. The summed E-state index contributed by atoms with van der Waals surface area (Å²) in [6, 6.07) is 7.65. The standard InChI is InChI=1S/C24H25F3N2O3/c1-13(12-30)28-24(31)32-18-8-4-14(5-9-18)21-19-10-17(26)11-20(27)23(19)29-22(21)15-2-6-16(25)7-3-15/h2-3,6-7,10-11,13-14,18,29-30H,4-5,8-9,12H2,1H3,(H,28,31). The molecule has 32 heavy (non-hydrogen) atoms. The van der Waals surface area contributed by atoms with E-state index in [1.807, 2.05) is 0 Å². The number of aliphatic hydroxyl groups is 1. The second-order valence-corrected chi connectivity index (χ2v) is 8.34. The number of ether oxygens (including phenoxy) is 1. The van der Waals surface area contributed by atoms with Crippen molar-refractivity contribution >= 4 is 17.0 Å². The molecule has 0 spiro atoms. The van der Waals surface area contributed by atoms with E-state index in [0.717, 1.165) is 11.6 Å². The van der Waals surface area contributed by atoms with Crippen molar-refractivity contribution in [2.24, 2.45) is 0 Å². The number of aliphatic hydroxyl groups excluding tert-OH is 1. The third kappa shape index (κ3) is 4.60. The van der Waals surface area contributed by atoms with Gasteiger partial charge in [0.25, 0.3) is 0 Å². The lowest BCUT2D eigenvalue weighted by Gasteiger charge is -2.29. The number of hydrogen-bond acceptors (Lipinski definition) is 3. The maximum Gasteiger partial charge on any atom is 0.407 e. The molecule has 4 rings (SSSR count). The Morgan fingerprint density at radius 2 is 1.81 bits per heavy atom. The molecule has 1 aliphatic rings. The highest BCUT2D eigenvalue weighted by molar-refractivity contribution is 5.92. The molecular weight excluding hydrogens is 421 g/mol. The molecular formula is C24H25F3N2O3. The highest BCUT2D eigenvalue weighted by atomic mass is 19.1. The van der Waals surface area contributed by atoms with E-state index in [4.69, 9.17) is 9.84 Å². The molecule has 5 nitrogen and oxygen atoms in total. The van der Waals surface area contributed by atoms with Crippen LogP contribution in [0.2, 0.25) is 0 Å². The zero-order valence-corrected chi connectivity index (χ0v) is 17.6. The van der Waals surface area contributed by atoms with Crippen molar-refractivity contribution in [3.63, 3.8) is 0 Å². The number of benzene rings is 2. The monoisotopic (exact) mass is 446 g/mol. The minimum Gasteiger partial charge on any atom is -0.446 e. The van der Waals surface area contributed by atoms with Gasteiger partial charge in [0.2, 0.25) is 0 Å². The van der Waals surface area contributed by atoms with Gasteiger partial charge in [-0.1, -0.05) is 0 Å². The van der Waals surface area contributed by atoms with Crippen LogP contribution in [-0.2, 0) is 4.74 Å². The minimum absolute atomic E-state index is 0.00993. The van der Waals surface area contributed by atoms with Crippen molar-refractivity contribution in [2.75, 3.05) is 6.61 Å². The molecule has 170 valence electrons. The Morgan fingerprint density at radius 3 is 2.47 bits per heavy atom. The van der Waals surface area contributed by atoms with E-state index in [-0.39, 0.29) is 30.0 Å². The average Bonchev–Trinajstić information content (AvgIpc) is 3.14. The molecule has 1 saturated carbocycles. The van der Waals surface area contributed by atoms with Gasteiger partial charge >= 0.3 is 6.09 Å². The Bertz CT molecular complexity index is 1110. The first-order valence-corrected chi connectivity index (χ1v) is 10.7. The van der Waals surface area contributed by atoms with Gasteiger partial charge in [-0.05, 0) is 80.0 Å². The summed E-state index contributed by atoms with van der Waals surface area (Å²) in [6.45, 7) is 1.49. The molecule has 1 amide bonds. The van der Waals surface area contributed by atoms with E-state index in [9.17, 15) is 18.0 Å². The first-order chi connectivity index (χ1) is 15.4. The van der Waals surface area contributed by atoms with Gasteiger partial charge in [-0.15, -0.1) is 0 Å². The number of carbonyl (C=O) groups excluding carboxylic acids is 1. The highest BCUT2D eigenvalue weighted by Gasteiger charge is 2.30. The van der Waals surface area contributed by atoms with Gasteiger partial charge in [-0.3, -0.25) is 0 Å². The maximum absolute atomic E-state index is 14.5. The number of amides is 1. The number of aromatic nitrogens is 1. The Hall–Kier alpha value is -3.00. The van der Waals surface area contributed by atoms with Gasteiger partial charge in [-0.25, -0.2) is 18.0 Å². The number of rotatable bonds is 5. The number of alkyl carbamates (subject to hydrolysis) is 1. The summed E-state index contributed by atoms with van der Waals surface area (Å²) in [7, 11) is 0. The van der Waals surface area contributed by atoms with Crippen molar-refractivity contribution in [1.29, 1.82) is 0 Å². The van der Waals surface area contributed by atoms with Crippen LogP contribution < -0.4 is 5.32 Å². The lowest BCUT2D eigenvalue weighted by atomic mass is 9.80. The lowest BCUT2D eigenvalue weighted by molar-refractivity contribution is 0.0675. The normalized spacial score (nSPS) is 19.7. The molecule has 1 heterocycles. The molecule has 1 fully saturated rings. The lowest BCUT2D eigenvalue weighted by Crippen LogP contribution is -2.38. The number of fused-ring (bicyclic) bond motifs is 1. The van der Waals surface area contributed by atoms with Crippen molar-refractivity contribution in [1.82, 2.24) is 10.3 Å². The van der Waals surface area contributed by atoms with Gasteiger partial charge < -0.3 is 20.1 Å². The first kappa shape index (κ1) is 22.2. The predicted octanol–water partition coefficient (Wildman–Crippen LogP) is 5.39. The quantitative estimate of drug-likeness (QED) is 0.492.